The zero-order valence-corrected chi connectivity index (χ0v) is 8.93. The lowest BCUT2D eigenvalue weighted by molar-refractivity contribution is -0.150. The van der Waals surface area contributed by atoms with Crippen molar-refractivity contribution in [3.05, 3.63) is 28.7 Å². The van der Waals surface area contributed by atoms with Crippen LogP contribution in [-0.2, 0) is 10.3 Å². The highest BCUT2D eigenvalue weighted by atomic mass is 16.4. The third kappa shape index (κ3) is 1.62. The van der Waals surface area contributed by atoms with Gasteiger partial charge in [-0.15, -0.1) is 0 Å². The van der Waals surface area contributed by atoms with Crippen molar-refractivity contribution in [1.82, 2.24) is 9.78 Å². The minimum atomic E-state index is -1.13. The number of nitrogens with zero attached hydrogens (tertiary/aromatic N) is 2. The second kappa shape index (κ2) is 4.08. The van der Waals surface area contributed by atoms with Crippen molar-refractivity contribution in [2.45, 2.75) is 37.6 Å². The van der Waals surface area contributed by atoms with Crippen molar-refractivity contribution in [2.24, 2.45) is 0 Å². The Kier molecular flexibility index (Phi) is 2.77. The molecule has 1 saturated carbocycles. The monoisotopic (exact) mass is 222 g/mol. The molecule has 1 heterocycles. The second-order valence-corrected chi connectivity index (χ2v) is 4.17. The van der Waals surface area contributed by atoms with Crippen molar-refractivity contribution >= 4 is 5.97 Å². The molecule has 5 nitrogen and oxygen atoms in total. The van der Waals surface area contributed by atoms with Gasteiger partial charge in [-0.2, -0.15) is 5.10 Å². The van der Waals surface area contributed by atoms with Gasteiger partial charge in [-0.05, 0) is 18.9 Å². The van der Waals surface area contributed by atoms with Crippen molar-refractivity contribution < 1.29 is 9.90 Å². The van der Waals surface area contributed by atoms with E-state index in [1.165, 1.54) is 18.3 Å². The lowest BCUT2D eigenvalue weighted by Gasteiger charge is -2.33. The van der Waals surface area contributed by atoms with Gasteiger partial charge in [-0.1, -0.05) is 19.3 Å². The maximum absolute atomic E-state index is 11.7. The molecule has 1 aliphatic carbocycles. The summed E-state index contributed by atoms with van der Waals surface area (Å²) in [7, 11) is 0. The fourth-order valence-corrected chi connectivity index (χ4v) is 2.33. The average Bonchev–Trinajstić information content (AvgIpc) is 2.30. The van der Waals surface area contributed by atoms with Gasteiger partial charge >= 0.3 is 5.97 Å². The van der Waals surface area contributed by atoms with E-state index in [0.29, 0.717) is 12.8 Å². The standard InChI is InChI=1S/C11H14N2O3/c14-9-5-4-8-12-13(9)11(10(15)16)6-2-1-3-7-11/h4-5,8H,1-3,6-7H2,(H,15,16). The van der Waals surface area contributed by atoms with Crippen LogP contribution >= 0.6 is 0 Å². The Morgan fingerprint density at radius 1 is 1.38 bits per heavy atom. The molecule has 2 rings (SSSR count). The van der Waals surface area contributed by atoms with E-state index in [1.807, 2.05) is 0 Å². The number of carbonyl (C=O) groups is 1. The van der Waals surface area contributed by atoms with Gasteiger partial charge in [0.25, 0.3) is 5.56 Å². The molecule has 0 bridgehead atoms. The molecule has 0 aliphatic heterocycles. The summed E-state index contributed by atoms with van der Waals surface area (Å²) in [5.41, 5.74) is -1.47. The molecule has 0 atom stereocenters. The molecule has 0 unspecified atom stereocenters. The molecule has 86 valence electrons. The first-order valence-electron chi connectivity index (χ1n) is 5.45. The van der Waals surface area contributed by atoms with Crippen molar-refractivity contribution in [3.63, 3.8) is 0 Å². The van der Waals surface area contributed by atoms with Gasteiger partial charge in [0.2, 0.25) is 0 Å². The number of carboxylic acid groups (broad SMARTS) is 1. The number of rotatable bonds is 2. The Morgan fingerprint density at radius 3 is 2.62 bits per heavy atom. The molecule has 1 aliphatic rings. The molecule has 0 radical (unpaired) electrons. The lowest BCUT2D eigenvalue weighted by Crippen LogP contribution is -2.49. The molecule has 0 amide bonds. The number of aliphatic carboxylic acids is 1. The fraction of sp³-hybridized carbons (Fsp3) is 0.545. The van der Waals surface area contributed by atoms with Crippen molar-refractivity contribution in [2.75, 3.05) is 0 Å². The summed E-state index contributed by atoms with van der Waals surface area (Å²) in [5, 5.41) is 13.3. The maximum atomic E-state index is 11.7. The minimum Gasteiger partial charge on any atom is -0.479 e. The van der Waals surface area contributed by atoms with E-state index in [4.69, 9.17) is 0 Å². The van der Waals surface area contributed by atoms with Crippen LogP contribution in [0.2, 0.25) is 0 Å². The van der Waals surface area contributed by atoms with Crippen LogP contribution in [-0.4, -0.2) is 20.9 Å². The smallest absolute Gasteiger partial charge is 0.331 e. The molecule has 0 aromatic carbocycles. The molecule has 1 fully saturated rings. The van der Waals surface area contributed by atoms with E-state index >= 15 is 0 Å². The topological polar surface area (TPSA) is 72.2 Å². The molecule has 1 aromatic heterocycles. The van der Waals surface area contributed by atoms with Crippen LogP contribution in [0.3, 0.4) is 0 Å². The highest BCUT2D eigenvalue weighted by molar-refractivity contribution is 5.76. The first kappa shape index (κ1) is 10.9. The maximum Gasteiger partial charge on any atom is 0.331 e. The van der Waals surface area contributed by atoms with Gasteiger partial charge in [-0.3, -0.25) is 4.79 Å². The number of hydrogen-bond donors (Lipinski definition) is 1. The Balaban J connectivity index is 2.51. The van der Waals surface area contributed by atoms with Crippen molar-refractivity contribution in [1.29, 1.82) is 0 Å². The minimum absolute atomic E-state index is 0.341. The number of carboxylic acids is 1. The first-order chi connectivity index (χ1) is 7.67. The molecule has 1 aromatic rings. The van der Waals surface area contributed by atoms with E-state index < -0.39 is 11.5 Å². The quantitative estimate of drug-likeness (QED) is 0.809. The van der Waals surface area contributed by atoms with Crippen LogP contribution < -0.4 is 5.56 Å². The molecule has 0 spiro atoms. The van der Waals surface area contributed by atoms with Crippen LogP contribution in [0.15, 0.2) is 23.1 Å². The van der Waals surface area contributed by atoms with Gasteiger partial charge in [0.05, 0.1) is 0 Å². The zero-order chi connectivity index (χ0) is 11.6. The molecule has 0 saturated heterocycles. The summed E-state index contributed by atoms with van der Waals surface area (Å²) in [5.74, 6) is -0.951. The summed E-state index contributed by atoms with van der Waals surface area (Å²) in [4.78, 5) is 23.1. The predicted octanol–water partition coefficient (Wildman–Crippen LogP) is 0.987. The van der Waals surface area contributed by atoms with Gasteiger partial charge in [0, 0.05) is 12.3 Å². The SMILES string of the molecule is O=C(O)C1(n2ncccc2=O)CCCCC1. The van der Waals surface area contributed by atoms with Crippen LogP contribution in [0.25, 0.3) is 0 Å². The highest BCUT2D eigenvalue weighted by Gasteiger charge is 2.43. The van der Waals surface area contributed by atoms with Crippen LogP contribution in [0.1, 0.15) is 32.1 Å². The van der Waals surface area contributed by atoms with Crippen LogP contribution in [0.5, 0.6) is 0 Å². The zero-order valence-electron chi connectivity index (χ0n) is 8.93. The molecular weight excluding hydrogens is 208 g/mol. The Morgan fingerprint density at radius 2 is 2.06 bits per heavy atom. The Hall–Kier alpha value is -1.65. The summed E-state index contributed by atoms with van der Waals surface area (Å²) in [6.45, 7) is 0. The van der Waals surface area contributed by atoms with E-state index in [-0.39, 0.29) is 5.56 Å². The molecule has 16 heavy (non-hydrogen) atoms. The average molecular weight is 222 g/mol. The summed E-state index contributed by atoms with van der Waals surface area (Å²) in [6, 6.07) is 2.88. The number of aromatic nitrogens is 2. The van der Waals surface area contributed by atoms with E-state index in [1.54, 1.807) is 0 Å². The molecule has 1 N–H and O–H groups in total. The van der Waals surface area contributed by atoms with Gasteiger partial charge in [0.1, 0.15) is 0 Å². The molecular formula is C11H14N2O3. The lowest BCUT2D eigenvalue weighted by atomic mass is 9.82. The third-order valence-corrected chi connectivity index (χ3v) is 3.20. The van der Waals surface area contributed by atoms with Crippen molar-refractivity contribution in [3.8, 4) is 0 Å². The number of hydrogen-bond acceptors (Lipinski definition) is 3. The normalized spacial score (nSPS) is 19.2. The summed E-state index contributed by atoms with van der Waals surface area (Å²) in [6.07, 6.45) is 5.11. The Labute approximate surface area is 92.7 Å². The van der Waals surface area contributed by atoms with Crippen LogP contribution in [0.4, 0.5) is 0 Å². The first-order valence-corrected chi connectivity index (χ1v) is 5.45. The summed E-state index contributed by atoms with van der Waals surface area (Å²) < 4.78 is 1.13. The van der Waals surface area contributed by atoms with Gasteiger partial charge < -0.3 is 5.11 Å². The molecule has 5 heteroatoms. The van der Waals surface area contributed by atoms with E-state index in [9.17, 15) is 14.7 Å². The largest absolute Gasteiger partial charge is 0.479 e. The van der Waals surface area contributed by atoms with E-state index in [2.05, 4.69) is 5.10 Å². The van der Waals surface area contributed by atoms with E-state index in [0.717, 1.165) is 23.9 Å². The summed E-state index contributed by atoms with van der Waals surface area (Å²) >= 11 is 0. The van der Waals surface area contributed by atoms with Crippen LogP contribution in [0, 0.1) is 0 Å². The highest BCUT2D eigenvalue weighted by Crippen LogP contribution is 2.33. The fourth-order valence-electron chi connectivity index (χ4n) is 2.33. The Bertz CT molecular complexity index is 447. The third-order valence-electron chi connectivity index (χ3n) is 3.20. The predicted molar refractivity (Wildman–Crippen MR) is 57.2 cm³/mol. The van der Waals surface area contributed by atoms with Gasteiger partial charge in [-0.25, -0.2) is 9.48 Å². The second-order valence-electron chi connectivity index (χ2n) is 4.17. The van der Waals surface area contributed by atoms with Gasteiger partial charge in [0.15, 0.2) is 5.54 Å².